The number of hydrogen-bond acceptors (Lipinski definition) is 6. The minimum atomic E-state index is -1.04. The molecule has 7 nitrogen and oxygen atoms in total. The van der Waals surface area contributed by atoms with Crippen LogP contribution in [-0.4, -0.2) is 49.5 Å². The molecule has 1 saturated heterocycles. The first kappa shape index (κ1) is 22.0. The predicted molar refractivity (Wildman–Crippen MR) is 116 cm³/mol. The third kappa shape index (κ3) is 4.67. The standard InChI is InChI=1S/C22H18AsF2N4O3/c24-16-7-5-14(6-8-16)20(30)15-9-11-28(12-10-15)22-19(29(31)32)21(26-13-27-22)23-17-3-1-2-4-18(17)25/h1-8,13,15H,9-12H2. The van der Waals surface area contributed by atoms with Crippen LogP contribution in [0.4, 0.5) is 20.3 Å². The SMILES string of the molecule is O=C(c1ccc(F)cc1)C1CCN(c2ncnc([As]c3ccccc3F)c2[N+](=O)[O-])CC1. The van der Waals surface area contributed by atoms with E-state index < -0.39 is 32.3 Å². The molecule has 0 bridgehead atoms. The number of benzene rings is 2. The summed E-state index contributed by atoms with van der Waals surface area (Å²) in [5.41, 5.74) is 0.244. The molecule has 32 heavy (non-hydrogen) atoms. The molecule has 0 atom stereocenters. The summed E-state index contributed by atoms with van der Waals surface area (Å²) in [5.74, 6) is -0.934. The van der Waals surface area contributed by atoms with Crippen molar-refractivity contribution in [2.75, 3.05) is 18.0 Å². The van der Waals surface area contributed by atoms with Crippen molar-refractivity contribution in [3.63, 3.8) is 0 Å². The van der Waals surface area contributed by atoms with Crippen LogP contribution in [0.3, 0.4) is 0 Å². The number of ketones is 1. The zero-order chi connectivity index (χ0) is 22.7. The maximum atomic E-state index is 14.1. The molecule has 0 saturated carbocycles. The first-order valence-corrected chi connectivity index (χ1v) is 11.8. The number of carbonyl (C=O) groups is 1. The number of nitro groups is 1. The van der Waals surface area contributed by atoms with E-state index in [2.05, 4.69) is 9.97 Å². The summed E-state index contributed by atoms with van der Waals surface area (Å²) in [7, 11) is 0. The number of hydrogen-bond donors (Lipinski definition) is 0. The molecule has 1 aromatic heterocycles. The first-order valence-electron chi connectivity index (χ1n) is 9.94. The minimum absolute atomic E-state index is 0.0629. The number of rotatable bonds is 6. The van der Waals surface area contributed by atoms with Crippen molar-refractivity contribution in [2.24, 2.45) is 5.92 Å². The third-order valence-electron chi connectivity index (χ3n) is 5.34. The fourth-order valence-electron chi connectivity index (χ4n) is 3.70. The Kier molecular flexibility index (Phi) is 6.55. The first-order chi connectivity index (χ1) is 15.4. The number of carbonyl (C=O) groups excluding carboxylic acids is 1. The van der Waals surface area contributed by atoms with Gasteiger partial charge in [-0.25, -0.2) is 4.39 Å². The van der Waals surface area contributed by atoms with E-state index in [1.54, 1.807) is 23.1 Å². The zero-order valence-electron chi connectivity index (χ0n) is 16.8. The van der Waals surface area contributed by atoms with Gasteiger partial charge in [0, 0.05) is 0 Å². The van der Waals surface area contributed by atoms with Crippen LogP contribution in [0.1, 0.15) is 23.2 Å². The summed E-state index contributed by atoms with van der Waals surface area (Å²) in [6, 6.07) is 11.6. The average Bonchev–Trinajstić information content (AvgIpc) is 2.80. The van der Waals surface area contributed by atoms with Gasteiger partial charge in [0.1, 0.15) is 0 Å². The second-order valence-corrected chi connectivity index (χ2v) is 9.69. The Hall–Kier alpha value is -3.19. The molecule has 1 aliphatic heterocycles. The summed E-state index contributed by atoms with van der Waals surface area (Å²) in [6.07, 6.45) is 2.26. The molecule has 0 amide bonds. The summed E-state index contributed by atoms with van der Waals surface area (Å²) >= 11 is -1.04. The van der Waals surface area contributed by atoms with Gasteiger partial charge in [-0.05, 0) is 0 Å². The predicted octanol–water partition coefficient (Wildman–Crippen LogP) is 2.42. The van der Waals surface area contributed by atoms with Crippen LogP contribution >= 0.6 is 0 Å². The van der Waals surface area contributed by atoms with E-state index in [9.17, 15) is 23.7 Å². The molecule has 1 fully saturated rings. The second kappa shape index (κ2) is 9.52. The van der Waals surface area contributed by atoms with Gasteiger partial charge in [-0.2, -0.15) is 0 Å². The molecule has 0 aliphatic carbocycles. The van der Waals surface area contributed by atoms with Crippen LogP contribution < -0.4 is 13.7 Å². The summed E-state index contributed by atoms with van der Waals surface area (Å²) < 4.78 is 27.8. The van der Waals surface area contributed by atoms with Gasteiger partial charge in [-0.15, -0.1) is 0 Å². The van der Waals surface area contributed by atoms with Crippen molar-refractivity contribution >= 4 is 41.9 Å². The number of Topliss-reactive ketones (excluding diaryl/α,β-unsaturated/α-hetero) is 1. The Balaban J connectivity index is 1.53. The second-order valence-electron chi connectivity index (χ2n) is 7.32. The van der Waals surface area contributed by atoms with Gasteiger partial charge in [0.25, 0.3) is 0 Å². The molecule has 2 heterocycles. The summed E-state index contributed by atoms with van der Waals surface area (Å²) in [5, 5.41) is 11.9. The van der Waals surface area contributed by atoms with E-state index >= 15 is 0 Å². The Morgan fingerprint density at radius 2 is 1.75 bits per heavy atom. The Morgan fingerprint density at radius 3 is 2.41 bits per heavy atom. The number of anilines is 1. The number of aromatic nitrogens is 2. The van der Waals surface area contributed by atoms with Crippen molar-refractivity contribution in [3.05, 3.63) is 82.2 Å². The molecular weight excluding hydrogens is 481 g/mol. The number of nitrogens with zero attached hydrogens (tertiary/aromatic N) is 4. The molecule has 10 heteroatoms. The Morgan fingerprint density at radius 1 is 1.06 bits per heavy atom. The fourth-order valence-corrected chi connectivity index (χ4v) is 5.73. The van der Waals surface area contributed by atoms with Crippen molar-refractivity contribution in [2.45, 2.75) is 12.8 Å². The zero-order valence-corrected chi connectivity index (χ0v) is 18.7. The van der Waals surface area contributed by atoms with E-state index in [0.29, 0.717) is 35.8 Å². The molecule has 163 valence electrons. The van der Waals surface area contributed by atoms with Gasteiger partial charge in [-0.3, -0.25) is 0 Å². The molecule has 1 aliphatic rings. The molecule has 2 aromatic carbocycles. The third-order valence-corrected chi connectivity index (χ3v) is 7.74. The molecule has 0 spiro atoms. The van der Waals surface area contributed by atoms with E-state index in [1.165, 1.54) is 36.7 Å². The number of halogens is 2. The van der Waals surface area contributed by atoms with Crippen molar-refractivity contribution < 1.29 is 18.5 Å². The number of piperidine rings is 1. The molecule has 1 radical (unpaired) electrons. The van der Waals surface area contributed by atoms with Crippen molar-refractivity contribution in [1.82, 2.24) is 9.97 Å². The van der Waals surface area contributed by atoms with Gasteiger partial charge in [0.15, 0.2) is 0 Å². The molecule has 0 unspecified atom stereocenters. The van der Waals surface area contributed by atoms with Crippen molar-refractivity contribution in [1.29, 1.82) is 0 Å². The van der Waals surface area contributed by atoms with E-state index in [-0.39, 0.29) is 27.7 Å². The van der Waals surface area contributed by atoms with Gasteiger partial charge >= 0.3 is 185 Å². The van der Waals surface area contributed by atoms with Crippen LogP contribution in [-0.2, 0) is 0 Å². The molecular formula is C22H18AsF2N4O3. The van der Waals surface area contributed by atoms with Crippen LogP contribution in [0.15, 0.2) is 54.9 Å². The van der Waals surface area contributed by atoms with E-state index in [1.807, 2.05) is 0 Å². The van der Waals surface area contributed by atoms with Gasteiger partial charge < -0.3 is 0 Å². The fraction of sp³-hybridized carbons (Fsp3) is 0.227. The Bertz CT molecular complexity index is 1150. The van der Waals surface area contributed by atoms with E-state index in [0.717, 1.165) is 0 Å². The van der Waals surface area contributed by atoms with Crippen LogP contribution in [0.25, 0.3) is 0 Å². The monoisotopic (exact) mass is 499 g/mol. The quantitative estimate of drug-likeness (QED) is 0.224. The average molecular weight is 499 g/mol. The van der Waals surface area contributed by atoms with E-state index in [4.69, 9.17) is 0 Å². The molecule has 0 N–H and O–H groups in total. The van der Waals surface area contributed by atoms with Gasteiger partial charge in [0.05, 0.1) is 0 Å². The Labute approximate surface area is 189 Å². The van der Waals surface area contributed by atoms with Crippen LogP contribution in [0, 0.1) is 27.7 Å². The van der Waals surface area contributed by atoms with Gasteiger partial charge in [0.2, 0.25) is 0 Å². The van der Waals surface area contributed by atoms with Crippen LogP contribution in [0.2, 0.25) is 0 Å². The van der Waals surface area contributed by atoms with Crippen LogP contribution in [0.5, 0.6) is 0 Å². The van der Waals surface area contributed by atoms with Crippen molar-refractivity contribution in [3.8, 4) is 0 Å². The maximum absolute atomic E-state index is 14.1. The molecule has 4 rings (SSSR count). The normalized spacial score (nSPS) is 14.8. The topological polar surface area (TPSA) is 89.2 Å². The summed E-state index contributed by atoms with van der Waals surface area (Å²) in [6.45, 7) is 0.816. The molecule has 3 aromatic rings. The summed E-state index contributed by atoms with van der Waals surface area (Å²) in [4.78, 5) is 34.1. The van der Waals surface area contributed by atoms with Gasteiger partial charge in [-0.1, -0.05) is 0 Å².